The van der Waals surface area contributed by atoms with Gasteiger partial charge in [-0.25, -0.2) is 9.97 Å². The first kappa shape index (κ1) is 11.4. The predicted octanol–water partition coefficient (Wildman–Crippen LogP) is 0.967. The van der Waals surface area contributed by atoms with Gasteiger partial charge in [-0.3, -0.25) is 4.68 Å². The van der Waals surface area contributed by atoms with Crippen LogP contribution in [-0.4, -0.2) is 19.7 Å². The van der Waals surface area contributed by atoms with Gasteiger partial charge in [0.25, 0.3) is 0 Å². The lowest BCUT2D eigenvalue weighted by atomic mass is 10.3. The van der Waals surface area contributed by atoms with Crippen LogP contribution in [0.4, 0.5) is 11.6 Å². The van der Waals surface area contributed by atoms with Crippen molar-refractivity contribution >= 4 is 11.6 Å². The number of hydrogen-bond donors (Lipinski definition) is 2. The van der Waals surface area contributed by atoms with Crippen molar-refractivity contribution in [3.8, 4) is 0 Å². The monoisotopic (exact) mass is 232 g/mol. The third kappa shape index (κ3) is 2.93. The van der Waals surface area contributed by atoms with Gasteiger partial charge in [-0.1, -0.05) is 6.92 Å². The molecular weight excluding hydrogens is 216 g/mol. The highest BCUT2D eigenvalue weighted by atomic mass is 15.2. The molecule has 0 unspecified atom stereocenters. The van der Waals surface area contributed by atoms with Crippen molar-refractivity contribution < 1.29 is 0 Å². The summed E-state index contributed by atoms with van der Waals surface area (Å²) in [5.41, 5.74) is 6.80. The number of aromatic nitrogens is 4. The van der Waals surface area contributed by atoms with Crippen molar-refractivity contribution in [3.05, 3.63) is 29.8 Å². The smallest absolute Gasteiger partial charge is 0.132 e. The average molecular weight is 232 g/mol. The number of nitrogen functional groups attached to an aromatic ring is 1. The molecule has 0 spiro atoms. The van der Waals surface area contributed by atoms with E-state index in [1.165, 1.54) is 0 Å². The van der Waals surface area contributed by atoms with E-state index < -0.39 is 0 Å². The Hall–Kier alpha value is -2.11. The minimum Gasteiger partial charge on any atom is -0.384 e. The van der Waals surface area contributed by atoms with Crippen LogP contribution in [-0.2, 0) is 20.0 Å². The van der Waals surface area contributed by atoms with Gasteiger partial charge in [0, 0.05) is 37.8 Å². The van der Waals surface area contributed by atoms with Crippen LogP contribution in [0.5, 0.6) is 0 Å². The summed E-state index contributed by atoms with van der Waals surface area (Å²) in [4.78, 5) is 8.47. The Morgan fingerprint density at radius 3 is 2.88 bits per heavy atom. The molecule has 90 valence electrons. The zero-order valence-electron chi connectivity index (χ0n) is 10.0. The number of nitrogens with zero attached hydrogens (tertiary/aromatic N) is 4. The van der Waals surface area contributed by atoms with Crippen LogP contribution in [0.25, 0.3) is 0 Å². The molecule has 0 saturated heterocycles. The maximum atomic E-state index is 5.70. The minimum absolute atomic E-state index is 0.491. The Balaban J connectivity index is 2.05. The van der Waals surface area contributed by atoms with E-state index in [1.807, 2.05) is 26.4 Å². The van der Waals surface area contributed by atoms with Gasteiger partial charge in [0.05, 0.1) is 6.20 Å². The van der Waals surface area contributed by atoms with Crippen LogP contribution in [0.3, 0.4) is 0 Å². The number of nitrogens with two attached hydrogens (primary N) is 1. The fourth-order valence-corrected chi connectivity index (χ4v) is 1.52. The second-order valence-corrected chi connectivity index (χ2v) is 3.82. The zero-order valence-corrected chi connectivity index (χ0v) is 10.0. The van der Waals surface area contributed by atoms with Gasteiger partial charge in [0.2, 0.25) is 0 Å². The lowest BCUT2D eigenvalue weighted by Crippen LogP contribution is -2.05. The molecule has 2 heterocycles. The van der Waals surface area contributed by atoms with Crippen LogP contribution in [0.2, 0.25) is 0 Å². The van der Waals surface area contributed by atoms with Crippen LogP contribution >= 0.6 is 0 Å². The molecule has 0 atom stereocenters. The van der Waals surface area contributed by atoms with E-state index >= 15 is 0 Å². The molecule has 17 heavy (non-hydrogen) atoms. The Morgan fingerprint density at radius 1 is 1.41 bits per heavy atom. The summed E-state index contributed by atoms with van der Waals surface area (Å²) >= 11 is 0. The maximum Gasteiger partial charge on any atom is 0.132 e. The standard InChI is InChI=1S/C11H16N6/c1-3-10-15-9(12)4-11(16-10)13-5-8-6-14-17(2)7-8/h4,6-7H,3,5H2,1-2H3,(H3,12,13,15,16). The Morgan fingerprint density at radius 2 is 2.24 bits per heavy atom. The first-order chi connectivity index (χ1) is 8.17. The van der Waals surface area contributed by atoms with Gasteiger partial charge in [-0.15, -0.1) is 0 Å². The molecule has 0 aliphatic carbocycles. The van der Waals surface area contributed by atoms with Gasteiger partial charge in [-0.2, -0.15) is 5.10 Å². The number of hydrogen-bond acceptors (Lipinski definition) is 5. The predicted molar refractivity (Wildman–Crippen MR) is 66.4 cm³/mol. The normalized spacial score (nSPS) is 10.5. The van der Waals surface area contributed by atoms with Crippen LogP contribution in [0.1, 0.15) is 18.3 Å². The molecule has 2 rings (SSSR count). The number of rotatable bonds is 4. The molecule has 0 aliphatic heterocycles. The van der Waals surface area contributed by atoms with Crippen molar-refractivity contribution in [2.24, 2.45) is 7.05 Å². The van der Waals surface area contributed by atoms with Gasteiger partial charge in [-0.05, 0) is 0 Å². The Kier molecular flexibility index (Phi) is 3.22. The molecule has 0 radical (unpaired) electrons. The number of nitrogens with one attached hydrogen (secondary N) is 1. The van der Waals surface area contributed by atoms with Crippen molar-refractivity contribution in [2.75, 3.05) is 11.1 Å². The first-order valence-corrected chi connectivity index (χ1v) is 5.52. The second kappa shape index (κ2) is 4.82. The van der Waals surface area contributed by atoms with E-state index in [1.54, 1.807) is 10.7 Å². The lowest BCUT2D eigenvalue weighted by molar-refractivity contribution is 0.767. The molecule has 2 aromatic rings. The van der Waals surface area contributed by atoms with Crippen LogP contribution in [0.15, 0.2) is 18.5 Å². The summed E-state index contributed by atoms with van der Waals surface area (Å²) in [5.74, 6) is 1.99. The largest absolute Gasteiger partial charge is 0.384 e. The highest BCUT2D eigenvalue weighted by Crippen LogP contribution is 2.10. The molecule has 0 bridgehead atoms. The van der Waals surface area contributed by atoms with Crippen molar-refractivity contribution in [1.29, 1.82) is 0 Å². The van der Waals surface area contributed by atoms with Gasteiger partial charge in [0.1, 0.15) is 17.5 Å². The highest BCUT2D eigenvalue weighted by molar-refractivity contribution is 5.44. The fourth-order valence-electron chi connectivity index (χ4n) is 1.52. The number of aryl methyl sites for hydroxylation is 2. The van der Waals surface area contributed by atoms with Gasteiger partial charge >= 0.3 is 0 Å². The average Bonchev–Trinajstić information content (AvgIpc) is 2.72. The molecule has 0 aliphatic rings. The Labute approximate surface area is 99.9 Å². The molecule has 0 saturated carbocycles. The summed E-state index contributed by atoms with van der Waals surface area (Å²) in [5, 5.41) is 7.30. The van der Waals surface area contributed by atoms with Gasteiger partial charge in [0.15, 0.2) is 0 Å². The lowest BCUT2D eigenvalue weighted by Gasteiger charge is -2.06. The van der Waals surface area contributed by atoms with Crippen molar-refractivity contribution in [1.82, 2.24) is 19.7 Å². The summed E-state index contributed by atoms with van der Waals surface area (Å²) < 4.78 is 1.77. The topological polar surface area (TPSA) is 81.6 Å². The van der Waals surface area contributed by atoms with E-state index in [4.69, 9.17) is 5.73 Å². The van der Waals surface area contributed by atoms with Crippen molar-refractivity contribution in [2.45, 2.75) is 19.9 Å². The first-order valence-electron chi connectivity index (χ1n) is 5.52. The minimum atomic E-state index is 0.491. The molecule has 6 heteroatoms. The quantitative estimate of drug-likeness (QED) is 0.820. The van der Waals surface area contributed by atoms with Crippen LogP contribution in [0, 0.1) is 0 Å². The third-order valence-electron chi connectivity index (χ3n) is 2.34. The molecule has 0 fully saturated rings. The fraction of sp³-hybridized carbons (Fsp3) is 0.364. The number of anilines is 2. The third-order valence-corrected chi connectivity index (χ3v) is 2.34. The Bertz CT molecular complexity index is 504. The zero-order chi connectivity index (χ0) is 12.3. The summed E-state index contributed by atoms with van der Waals surface area (Å²) in [6, 6.07) is 1.73. The van der Waals surface area contributed by atoms with E-state index in [0.29, 0.717) is 12.4 Å². The summed E-state index contributed by atoms with van der Waals surface area (Å²) in [7, 11) is 1.89. The molecule has 6 nitrogen and oxygen atoms in total. The van der Waals surface area contributed by atoms with E-state index in [2.05, 4.69) is 20.4 Å². The molecule has 0 aromatic carbocycles. The van der Waals surface area contributed by atoms with Crippen LogP contribution < -0.4 is 11.1 Å². The summed E-state index contributed by atoms with van der Waals surface area (Å²) in [6.07, 6.45) is 4.54. The molecule has 0 amide bonds. The SMILES string of the molecule is CCc1nc(N)cc(NCc2cnn(C)c2)n1. The maximum absolute atomic E-state index is 5.70. The van der Waals surface area contributed by atoms with E-state index in [-0.39, 0.29) is 0 Å². The molecular formula is C11H16N6. The van der Waals surface area contributed by atoms with E-state index in [9.17, 15) is 0 Å². The van der Waals surface area contributed by atoms with Crippen molar-refractivity contribution in [3.63, 3.8) is 0 Å². The van der Waals surface area contributed by atoms with Gasteiger partial charge < -0.3 is 11.1 Å². The highest BCUT2D eigenvalue weighted by Gasteiger charge is 2.01. The molecule has 2 aromatic heterocycles. The summed E-state index contributed by atoms with van der Waals surface area (Å²) in [6.45, 7) is 2.67. The molecule has 3 N–H and O–H groups in total. The second-order valence-electron chi connectivity index (χ2n) is 3.82. The van der Waals surface area contributed by atoms with E-state index in [0.717, 1.165) is 23.6 Å².